The Labute approximate surface area is 130 Å². The van der Waals surface area contributed by atoms with Gasteiger partial charge in [0.2, 0.25) is 5.91 Å². The van der Waals surface area contributed by atoms with Gasteiger partial charge in [0.05, 0.1) is 5.69 Å². The van der Waals surface area contributed by atoms with Crippen LogP contribution in [0.25, 0.3) is 0 Å². The molecule has 122 valence electrons. The van der Waals surface area contributed by atoms with Gasteiger partial charge in [0, 0.05) is 26.7 Å². The summed E-state index contributed by atoms with van der Waals surface area (Å²) >= 11 is 0. The molecule has 1 aliphatic heterocycles. The topological polar surface area (TPSA) is 93.3 Å². The summed E-state index contributed by atoms with van der Waals surface area (Å²) in [6.45, 7) is 8.13. The van der Waals surface area contributed by atoms with Crippen LogP contribution in [0, 0.1) is 5.41 Å². The van der Waals surface area contributed by atoms with E-state index in [0.717, 1.165) is 12.2 Å². The molecule has 7 heteroatoms. The fraction of sp³-hybridized carbons (Fsp3) is 0.667. The van der Waals surface area contributed by atoms with Crippen LogP contribution in [0.3, 0.4) is 0 Å². The van der Waals surface area contributed by atoms with Crippen molar-refractivity contribution in [2.24, 2.45) is 11.1 Å². The highest BCUT2D eigenvalue weighted by Crippen LogP contribution is 2.36. The molecule has 0 fully saturated rings. The summed E-state index contributed by atoms with van der Waals surface area (Å²) in [4.78, 5) is 30.7. The minimum atomic E-state index is -0.546. The fourth-order valence-electron chi connectivity index (χ4n) is 2.98. The van der Waals surface area contributed by atoms with Gasteiger partial charge in [0.1, 0.15) is 11.7 Å². The lowest BCUT2D eigenvalue weighted by atomic mass is 9.79. The van der Waals surface area contributed by atoms with E-state index >= 15 is 0 Å². The molecule has 0 saturated carbocycles. The Morgan fingerprint density at radius 3 is 2.45 bits per heavy atom. The molecule has 0 bridgehead atoms. The second-order valence-corrected chi connectivity index (χ2v) is 6.93. The van der Waals surface area contributed by atoms with Crippen molar-refractivity contribution in [3.63, 3.8) is 0 Å². The van der Waals surface area contributed by atoms with Crippen molar-refractivity contribution >= 4 is 11.8 Å². The largest absolute Gasteiger partial charge is 0.364 e. The Bertz CT molecular complexity index is 600. The molecule has 2 amide bonds. The van der Waals surface area contributed by atoms with Crippen LogP contribution < -0.4 is 11.1 Å². The Morgan fingerprint density at radius 1 is 1.32 bits per heavy atom. The van der Waals surface area contributed by atoms with E-state index in [4.69, 9.17) is 5.73 Å². The molecule has 0 aromatic carbocycles. The van der Waals surface area contributed by atoms with E-state index in [1.807, 2.05) is 32.4 Å². The number of carbonyl (C=O) groups is 2. The third-order valence-corrected chi connectivity index (χ3v) is 4.09. The number of imidazole rings is 1. The average molecular weight is 307 g/mol. The first-order valence-electron chi connectivity index (χ1n) is 7.46. The van der Waals surface area contributed by atoms with E-state index in [0.29, 0.717) is 18.9 Å². The van der Waals surface area contributed by atoms with Crippen LogP contribution in [0.2, 0.25) is 0 Å². The van der Waals surface area contributed by atoms with Gasteiger partial charge in [-0.15, -0.1) is 0 Å². The zero-order valence-corrected chi connectivity index (χ0v) is 13.9. The monoisotopic (exact) mass is 307 g/mol. The number of rotatable bonds is 3. The number of primary amides is 1. The summed E-state index contributed by atoms with van der Waals surface area (Å²) < 4.78 is 1.99. The number of hydrogen-bond donors (Lipinski definition) is 2. The predicted molar refractivity (Wildman–Crippen MR) is 83.3 cm³/mol. The highest BCUT2D eigenvalue weighted by Gasteiger charge is 2.38. The van der Waals surface area contributed by atoms with Crippen LogP contribution in [0.15, 0.2) is 0 Å². The molecule has 2 heterocycles. The van der Waals surface area contributed by atoms with E-state index in [2.05, 4.69) is 15.2 Å². The fourth-order valence-corrected chi connectivity index (χ4v) is 2.98. The van der Waals surface area contributed by atoms with Crippen molar-refractivity contribution < 1.29 is 9.59 Å². The highest BCUT2D eigenvalue weighted by molar-refractivity contribution is 5.92. The maximum absolute atomic E-state index is 12.4. The van der Waals surface area contributed by atoms with Gasteiger partial charge in [0.25, 0.3) is 5.91 Å². The maximum Gasteiger partial charge on any atom is 0.269 e. The standard InChI is InChI=1S/C15H25N5O2/c1-15(2,3)10(14(22)17-4)13-18-11(12(16)21)9-8-19(5)6-7-20(9)13/h10H,6-8H2,1-5H3,(H2,16,21)(H,17,22)/t10-/m0/s1. The summed E-state index contributed by atoms with van der Waals surface area (Å²) in [6, 6.07) is 0. The van der Waals surface area contributed by atoms with E-state index in [1.165, 1.54) is 0 Å². The zero-order valence-electron chi connectivity index (χ0n) is 13.9. The quantitative estimate of drug-likeness (QED) is 0.840. The molecule has 1 atom stereocenters. The second kappa shape index (κ2) is 5.72. The second-order valence-electron chi connectivity index (χ2n) is 6.93. The molecule has 7 nitrogen and oxygen atoms in total. The van der Waals surface area contributed by atoms with Gasteiger partial charge in [-0.3, -0.25) is 14.5 Å². The summed E-state index contributed by atoms with van der Waals surface area (Å²) in [5.74, 6) is -0.457. The smallest absolute Gasteiger partial charge is 0.269 e. The lowest BCUT2D eigenvalue weighted by molar-refractivity contribution is -0.124. The van der Waals surface area contributed by atoms with Crippen LogP contribution in [-0.2, 0) is 17.9 Å². The lowest BCUT2D eigenvalue weighted by Crippen LogP contribution is -2.38. The third kappa shape index (κ3) is 2.85. The third-order valence-electron chi connectivity index (χ3n) is 4.09. The number of amides is 2. The van der Waals surface area contributed by atoms with Crippen LogP contribution in [0.1, 0.15) is 48.7 Å². The molecule has 0 spiro atoms. The Kier molecular flexibility index (Phi) is 4.28. The number of nitrogens with two attached hydrogens (primary N) is 1. The molecule has 0 aliphatic carbocycles. The normalized spacial score (nSPS) is 17.0. The summed E-state index contributed by atoms with van der Waals surface area (Å²) in [7, 11) is 3.60. The molecule has 0 radical (unpaired) electrons. The van der Waals surface area contributed by atoms with Gasteiger partial charge in [-0.05, 0) is 12.5 Å². The van der Waals surface area contributed by atoms with Crippen LogP contribution in [0.5, 0.6) is 0 Å². The number of carbonyl (C=O) groups excluding carboxylic acids is 2. The van der Waals surface area contributed by atoms with Gasteiger partial charge in [-0.1, -0.05) is 20.8 Å². The predicted octanol–water partition coefficient (Wildman–Crippen LogP) is 0.303. The molecule has 0 saturated heterocycles. The van der Waals surface area contributed by atoms with Crippen molar-refractivity contribution in [2.75, 3.05) is 20.6 Å². The first-order valence-corrected chi connectivity index (χ1v) is 7.46. The first kappa shape index (κ1) is 16.5. The number of likely N-dealkylation sites (N-methyl/N-ethyl adjacent to an activating group) is 2. The van der Waals surface area contributed by atoms with E-state index in [1.54, 1.807) is 7.05 Å². The van der Waals surface area contributed by atoms with E-state index in [9.17, 15) is 9.59 Å². The number of nitrogens with zero attached hydrogens (tertiary/aromatic N) is 3. The Morgan fingerprint density at radius 2 is 1.95 bits per heavy atom. The van der Waals surface area contributed by atoms with Crippen molar-refractivity contribution in [1.29, 1.82) is 0 Å². The number of hydrogen-bond acceptors (Lipinski definition) is 4. The SMILES string of the molecule is CNC(=O)[C@H](c1nc(C(N)=O)c2n1CCN(C)C2)C(C)(C)C. The number of fused-ring (bicyclic) bond motifs is 1. The number of aromatic nitrogens is 2. The van der Waals surface area contributed by atoms with Crippen molar-refractivity contribution in [3.05, 3.63) is 17.2 Å². The Balaban J connectivity index is 2.61. The molecule has 3 N–H and O–H groups in total. The zero-order chi connectivity index (χ0) is 16.7. The van der Waals surface area contributed by atoms with Crippen LogP contribution in [0.4, 0.5) is 0 Å². The Hall–Kier alpha value is -1.89. The lowest BCUT2D eigenvalue weighted by Gasteiger charge is -2.31. The molecule has 22 heavy (non-hydrogen) atoms. The van der Waals surface area contributed by atoms with Crippen LogP contribution in [-0.4, -0.2) is 46.9 Å². The van der Waals surface area contributed by atoms with Gasteiger partial charge >= 0.3 is 0 Å². The molecule has 1 aliphatic rings. The molecular formula is C15H25N5O2. The minimum Gasteiger partial charge on any atom is -0.364 e. The highest BCUT2D eigenvalue weighted by atomic mass is 16.2. The minimum absolute atomic E-state index is 0.102. The van der Waals surface area contributed by atoms with Crippen molar-refractivity contribution in [1.82, 2.24) is 19.8 Å². The van der Waals surface area contributed by atoms with Gasteiger partial charge < -0.3 is 15.6 Å². The molecule has 1 aromatic rings. The van der Waals surface area contributed by atoms with Crippen molar-refractivity contribution in [2.45, 2.75) is 39.8 Å². The molecule has 2 rings (SSSR count). The summed E-state index contributed by atoms with van der Waals surface area (Å²) in [5.41, 5.74) is 6.24. The summed E-state index contributed by atoms with van der Waals surface area (Å²) in [5, 5.41) is 2.71. The van der Waals surface area contributed by atoms with Crippen molar-refractivity contribution in [3.8, 4) is 0 Å². The average Bonchev–Trinajstić information content (AvgIpc) is 2.75. The first-order chi connectivity index (χ1) is 10.2. The van der Waals surface area contributed by atoms with E-state index < -0.39 is 11.8 Å². The van der Waals surface area contributed by atoms with Gasteiger partial charge in [0.15, 0.2) is 5.69 Å². The maximum atomic E-state index is 12.4. The number of nitrogens with one attached hydrogen (secondary N) is 1. The van der Waals surface area contributed by atoms with E-state index in [-0.39, 0.29) is 17.0 Å². The van der Waals surface area contributed by atoms with Gasteiger partial charge in [-0.2, -0.15) is 0 Å². The van der Waals surface area contributed by atoms with Gasteiger partial charge in [-0.25, -0.2) is 4.98 Å². The molecular weight excluding hydrogens is 282 g/mol. The van der Waals surface area contributed by atoms with Crippen LogP contribution >= 0.6 is 0 Å². The molecule has 0 unspecified atom stereocenters. The molecule has 1 aromatic heterocycles. The summed E-state index contributed by atoms with van der Waals surface area (Å²) in [6.07, 6.45) is 0.